The number of carbonyl (C=O) groups is 1. The fourth-order valence-electron chi connectivity index (χ4n) is 2.31. The normalized spacial score (nSPS) is 22.3. The predicted octanol–water partition coefficient (Wildman–Crippen LogP) is 2.41. The summed E-state index contributed by atoms with van der Waals surface area (Å²) in [7, 11) is 0. The molecule has 19 heavy (non-hydrogen) atoms. The molecule has 2 rings (SSSR count). The van der Waals surface area contributed by atoms with Gasteiger partial charge in [-0.1, -0.05) is 12.1 Å². The molecule has 1 heterocycles. The Bertz CT molecular complexity index is 565. The molecule has 1 aliphatic rings. The number of hydrogen-bond donors (Lipinski definition) is 0. The molecule has 0 amide bonds. The van der Waals surface area contributed by atoms with Crippen molar-refractivity contribution < 1.29 is 18.8 Å². The Kier molecular flexibility index (Phi) is 3.33. The summed E-state index contributed by atoms with van der Waals surface area (Å²) >= 11 is 0. The number of ether oxygens (including phenoxy) is 1. The molecule has 5 nitrogen and oxygen atoms in total. The van der Waals surface area contributed by atoms with Crippen LogP contribution in [0.3, 0.4) is 0 Å². The van der Waals surface area contributed by atoms with Gasteiger partial charge in [0.1, 0.15) is 17.5 Å². The van der Waals surface area contributed by atoms with E-state index in [0.29, 0.717) is 5.56 Å². The topological polar surface area (TPSA) is 69.4 Å². The van der Waals surface area contributed by atoms with E-state index in [1.54, 1.807) is 0 Å². The van der Waals surface area contributed by atoms with E-state index in [9.17, 15) is 19.3 Å². The summed E-state index contributed by atoms with van der Waals surface area (Å²) in [4.78, 5) is 22.1. The number of carbonyl (C=O) groups excluding carboxylic acids is 1. The second-order valence-electron chi connectivity index (χ2n) is 4.35. The van der Waals surface area contributed by atoms with E-state index in [1.807, 2.05) is 0 Å². The maximum atomic E-state index is 12.9. The van der Waals surface area contributed by atoms with Gasteiger partial charge in [0.05, 0.1) is 10.5 Å². The molecule has 1 aromatic carbocycles. The van der Waals surface area contributed by atoms with Crippen LogP contribution in [-0.4, -0.2) is 16.9 Å². The molecule has 0 spiro atoms. The van der Waals surface area contributed by atoms with Gasteiger partial charge in [0, 0.05) is 0 Å². The molecule has 0 fully saturated rings. The average molecular weight is 265 g/mol. The van der Waals surface area contributed by atoms with Crippen LogP contribution in [0.5, 0.6) is 0 Å². The Morgan fingerprint density at radius 3 is 2.42 bits per heavy atom. The van der Waals surface area contributed by atoms with Gasteiger partial charge in [-0.15, -0.1) is 0 Å². The fourth-order valence-corrected chi connectivity index (χ4v) is 2.31. The zero-order valence-corrected chi connectivity index (χ0v) is 10.4. The van der Waals surface area contributed by atoms with Crippen molar-refractivity contribution in [1.82, 2.24) is 0 Å². The first kappa shape index (κ1) is 13.2. The van der Waals surface area contributed by atoms with Crippen molar-refractivity contribution in [2.75, 3.05) is 0 Å². The predicted molar refractivity (Wildman–Crippen MR) is 64.4 cm³/mol. The van der Waals surface area contributed by atoms with Crippen LogP contribution in [0.4, 0.5) is 4.39 Å². The summed E-state index contributed by atoms with van der Waals surface area (Å²) in [6.45, 7) is 2.86. The zero-order valence-electron chi connectivity index (χ0n) is 10.4. The zero-order chi connectivity index (χ0) is 14.2. The smallest absolute Gasteiger partial charge is 0.364 e. The van der Waals surface area contributed by atoms with Gasteiger partial charge in [-0.25, -0.2) is 4.39 Å². The average Bonchev–Trinajstić information content (AvgIpc) is 2.68. The summed E-state index contributed by atoms with van der Waals surface area (Å²) in [5.41, 5.74) is 0.762. The Morgan fingerprint density at radius 2 is 1.95 bits per heavy atom. The standard InChI is InChI=1S/C13H12FNO4/c1-7(16)11-8(2)19-13(15(17)18)12(11)9-3-5-10(14)6-4-9/h3-6,12-13H,1-2H3. The molecule has 0 saturated heterocycles. The summed E-state index contributed by atoms with van der Waals surface area (Å²) in [6.07, 6.45) is -1.34. The van der Waals surface area contributed by atoms with Gasteiger partial charge in [-0.05, 0) is 31.5 Å². The van der Waals surface area contributed by atoms with E-state index < -0.39 is 22.9 Å². The van der Waals surface area contributed by atoms with Crippen LogP contribution in [0.2, 0.25) is 0 Å². The molecule has 0 saturated carbocycles. The van der Waals surface area contributed by atoms with E-state index in [2.05, 4.69) is 0 Å². The lowest BCUT2D eigenvalue weighted by molar-refractivity contribution is -0.570. The molecule has 0 aromatic heterocycles. The highest BCUT2D eigenvalue weighted by Gasteiger charge is 2.45. The number of allylic oxidation sites excluding steroid dienone is 1. The first-order chi connectivity index (χ1) is 8.91. The highest BCUT2D eigenvalue weighted by Crippen LogP contribution is 2.39. The van der Waals surface area contributed by atoms with Crippen LogP contribution < -0.4 is 0 Å². The SMILES string of the molecule is CC(=O)C1=C(C)OC([N+](=O)[O-])C1c1ccc(F)cc1. The monoisotopic (exact) mass is 265 g/mol. The van der Waals surface area contributed by atoms with Crippen LogP contribution in [0.15, 0.2) is 35.6 Å². The molecule has 100 valence electrons. The van der Waals surface area contributed by atoms with Gasteiger partial charge in [0.25, 0.3) is 0 Å². The van der Waals surface area contributed by atoms with E-state index >= 15 is 0 Å². The van der Waals surface area contributed by atoms with E-state index in [1.165, 1.54) is 38.1 Å². The van der Waals surface area contributed by atoms with Crippen LogP contribution in [0.25, 0.3) is 0 Å². The van der Waals surface area contributed by atoms with Crippen LogP contribution in [-0.2, 0) is 9.53 Å². The van der Waals surface area contributed by atoms with Crippen molar-refractivity contribution >= 4 is 5.78 Å². The number of nitro groups is 1. The molecule has 2 atom stereocenters. The first-order valence-electron chi connectivity index (χ1n) is 5.69. The quantitative estimate of drug-likeness (QED) is 0.621. The van der Waals surface area contributed by atoms with Crippen LogP contribution in [0, 0.1) is 15.9 Å². The van der Waals surface area contributed by atoms with Gasteiger partial charge < -0.3 is 4.74 Å². The summed E-state index contributed by atoms with van der Waals surface area (Å²) in [5.74, 6) is -1.27. The third-order valence-corrected chi connectivity index (χ3v) is 3.09. The molecule has 6 heteroatoms. The highest BCUT2D eigenvalue weighted by molar-refractivity contribution is 5.95. The third kappa shape index (κ3) is 2.33. The molecule has 0 aliphatic carbocycles. The lowest BCUT2D eigenvalue weighted by Gasteiger charge is -2.14. The van der Waals surface area contributed by atoms with Gasteiger partial charge in [-0.2, -0.15) is 0 Å². The molecule has 0 bridgehead atoms. The van der Waals surface area contributed by atoms with Crippen molar-refractivity contribution in [2.24, 2.45) is 0 Å². The Balaban J connectivity index is 2.50. The number of Topliss-reactive ketones (excluding diaryl/α,β-unsaturated/α-hetero) is 1. The number of hydrogen-bond acceptors (Lipinski definition) is 4. The van der Waals surface area contributed by atoms with Gasteiger partial charge in [-0.3, -0.25) is 14.9 Å². The number of rotatable bonds is 3. The molecule has 1 aromatic rings. The Labute approximate surface area is 108 Å². The maximum absolute atomic E-state index is 12.9. The minimum absolute atomic E-state index is 0.253. The van der Waals surface area contributed by atoms with E-state index in [4.69, 9.17) is 4.74 Å². The number of benzene rings is 1. The fraction of sp³-hybridized carbons (Fsp3) is 0.308. The Morgan fingerprint density at radius 1 is 1.37 bits per heavy atom. The molecule has 0 radical (unpaired) electrons. The lowest BCUT2D eigenvalue weighted by atomic mass is 9.88. The number of halogens is 1. The molecular formula is C13H12FNO4. The van der Waals surface area contributed by atoms with E-state index in [0.717, 1.165) is 0 Å². The molecule has 1 aliphatic heterocycles. The van der Waals surface area contributed by atoms with Crippen molar-refractivity contribution in [2.45, 2.75) is 26.0 Å². The molecule has 2 unspecified atom stereocenters. The minimum atomic E-state index is -1.34. The second-order valence-corrected chi connectivity index (χ2v) is 4.35. The van der Waals surface area contributed by atoms with Gasteiger partial charge in [0.2, 0.25) is 0 Å². The second kappa shape index (κ2) is 4.79. The van der Waals surface area contributed by atoms with E-state index in [-0.39, 0.29) is 17.1 Å². The lowest BCUT2D eigenvalue weighted by Crippen LogP contribution is -2.27. The minimum Gasteiger partial charge on any atom is -0.434 e. The van der Waals surface area contributed by atoms with Crippen molar-refractivity contribution in [3.63, 3.8) is 0 Å². The van der Waals surface area contributed by atoms with Crippen LogP contribution in [0.1, 0.15) is 25.3 Å². The maximum Gasteiger partial charge on any atom is 0.364 e. The van der Waals surface area contributed by atoms with Gasteiger partial charge in [0.15, 0.2) is 5.78 Å². The summed E-state index contributed by atoms with van der Waals surface area (Å²) in [5, 5.41) is 11.0. The molecule has 0 N–H and O–H groups in total. The highest BCUT2D eigenvalue weighted by atomic mass is 19.1. The van der Waals surface area contributed by atoms with Crippen molar-refractivity contribution in [1.29, 1.82) is 0 Å². The van der Waals surface area contributed by atoms with Crippen molar-refractivity contribution in [3.05, 3.63) is 57.1 Å². The summed E-state index contributed by atoms with van der Waals surface area (Å²) < 4.78 is 18.1. The largest absolute Gasteiger partial charge is 0.434 e. The third-order valence-electron chi connectivity index (χ3n) is 3.09. The summed E-state index contributed by atoms with van der Waals surface area (Å²) in [6, 6.07) is 5.28. The van der Waals surface area contributed by atoms with Gasteiger partial charge >= 0.3 is 6.23 Å². The van der Waals surface area contributed by atoms with Crippen LogP contribution >= 0.6 is 0 Å². The first-order valence-corrected chi connectivity index (χ1v) is 5.69. The number of ketones is 1. The Hall–Kier alpha value is -2.24. The molecular weight excluding hydrogens is 253 g/mol. The number of nitrogens with zero attached hydrogens (tertiary/aromatic N) is 1. The van der Waals surface area contributed by atoms with Crippen molar-refractivity contribution in [3.8, 4) is 0 Å².